The van der Waals surface area contributed by atoms with Gasteiger partial charge in [-0.2, -0.15) is 0 Å². The Hall–Kier alpha value is -6.77. The van der Waals surface area contributed by atoms with E-state index in [9.17, 15) is 0 Å². The number of para-hydroxylation sites is 1. The van der Waals surface area contributed by atoms with Crippen molar-refractivity contribution in [3.05, 3.63) is 199 Å². The molecule has 0 aliphatic rings. The van der Waals surface area contributed by atoms with Crippen LogP contribution in [0, 0.1) is 5.92 Å². The van der Waals surface area contributed by atoms with Gasteiger partial charge in [0.25, 0.3) is 0 Å². The van der Waals surface area contributed by atoms with E-state index >= 15 is 0 Å². The number of aliphatic imine (C=N–C) groups is 1. The van der Waals surface area contributed by atoms with E-state index in [1.54, 1.807) is 0 Å². The Morgan fingerprint density at radius 2 is 1.11 bits per heavy atom. The van der Waals surface area contributed by atoms with Crippen LogP contribution in [0.25, 0.3) is 81.7 Å². The van der Waals surface area contributed by atoms with Gasteiger partial charge in [0.1, 0.15) is 11.2 Å². The summed E-state index contributed by atoms with van der Waals surface area (Å²) in [6.07, 6.45) is 3.24. The van der Waals surface area contributed by atoms with Gasteiger partial charge in [-0.05, 0) is 121 Å². The van der Waals surface area contributed by atoms with E-state index in [0.29, 0.717) is 0 Å². The fourth-order valence-electron chi connectivity index (χ4n) is 9.03. The second-order valence-electron chi connectivity index (χ2n) is 15.5. The second-order valence-corrected chi connectivity index (χ2v) is 15.5. The smallest absolute Gasteiger partial charge is 0.136 e. The molecular weight excluding hydrogens is 691 g/mol. The third kappa shape index (κ3) is 6.09. The Labute approximate surface area is 333 Å². The summed E-state index contributed by atoms with van der Waals surface area (Å²) in [5.74, 6) is 0.195. The van der Waals surface area contributed by atoms with Crippen LogP contribution in [0.2, 0.25) is 0 Å². The maximum atomic E-state index is 6.21. The lowest BCUT2D eigenvalue weighted by molar-refractivity contribution is 0.669. The van der Waals surface area contributed by atoms with Crippen molar-refractivity contribution in [1.82, 2.24) is 0 Å². The highest BCUT2D eigenvalue weighted by atomic mass is 16.3. The zero-order valence-corrected chi connectivity index (χ0v) is 32.5. The highest BCUT2D eigenvalue weighted by Gasteiger charge is 2.19. The third-order valence-electron chi connectivity index (χ3n) is 11.9. The number of fused-ring (bicyclic) bond motifs is 11. The van der Waals surface area contributed by atoms with Crippen LogP contribution in [0.1, 0.15) is 49.9 Å². The Kier molecular flexibility index (Phi) is 8.76. The average molecular weight is 734 g/mol. The largest absolute Gasteiger partial charge is 0.456 e. The normalized spacial score (nSPS) is 13.7. The van der Waals surface area contributed by atoms with E-state index in [0.717, 1.165) is 28.7 Å². The molecule has 1 aromatic heterocycles. The van der Waals surface area contributed by atoms with Crippen LogP contribution in [0.4, 0.5) is 0 Å². The molecule has 274 valence electrons. The van der Waals surface area contributed by atoms with Gasteiger partial charge in [-0.3, -0.25) is 4.99 Å². The minimum atomic E-state index is -0.0461. The molecule has 0 bridgehead atoms. The molecular formula is C55H43NO. The minimum Gasteiger partial charge on any atom is -0.456 e. The predicted octanol–water partition coefficient (Wildman–Crippen LogP) is 15.5. The Bertz CT molecular complexity index is 3200. The van der Waals surface area contributed by atoms with Gasteiger partial charge in [0.15, 0.2) is 0 Å². The van der Waals surface area contributed by atoms with Gasteiger partial charge in [-0.15, -0.1) is 0 Å². The lowest BCUT2D eigenvalue weighted by atomic mass is 9.87. The van der Waals surface area contributed by atoms with Crippen LogP contribution in [-0.2, 0) is 0 Å². The molecule has 2 atom stereocenters. The number of hydrogen-bond acceptors (Lipinski definition) is 2. The molecule has 0 fully saturated rings. The molecule has 0 saturated carbocycles. The predicted molar refractivity (Wildman–Crippen MR) is 244 cm³/mol. The maximum Gasteiger partial charge on any atom is 0.136 e. The summed E-state index contributed by atoms with van der Waals surface area (Å²) in [7, 11) is 0. The molecule has 1 heterocycles. The van der Waals surface area contributed by atoms with Crippen molar-refractivity contribution in [3.63, 3.8) is 0 Å². The highest BCUT2D eigenvalue weighted by molar-refractivity contribution is 6.33. The van der Waals surface area contributed by atoms with Crippen LogP contribution in [0.15, 0.2) is 191 Å². The summed E-state index contributed by atoms with van der Waals surface area (Å²) in [5.41, 5.74) is 10.3. The van der Waals surface area contributed by atoms with Gasteiger partial charge in [-0.1, -0.05) is 165 Å². The molecule has 0 aliphatic heterocycles. The number of rotatable bonds is 8. The van der Waals surface area contributed by atoms with Crippen molar-refractivity contribution >= 4 is 76.3 Å². The Morgan fingerprint density at radius 3 is 1.86 bits per heavy atom. The molecule has 2 heteroatoms. The van der Waals surface area contributed by atoms with E-state index in [2.05, 4.69) is 191 Å². The minimum absolute atomic E-state index is 0.0461. The Balaban J connectivity index is 1.04. The average Bonchev–Trinajstić information content (AvgIpc) is 3.66. The molecule has 0 spiro atoms. The van der Waals surface area contributed by atoms with Crippen molar-refractivity contribution in [1.29, 1.82) is 0 Å². The van der Waals surface area contributed by atoms with E-state index in [-0.39, 0.29) is 12.0 Å². The molecule has 10 rings (SSSR count). The highest BCUT2D eigenvalue weighted by Crippen LogP contribution is 2.43. The quantitative estimate of drug-likeness (QED) is 0.113. The summed E-state index contributed by atoms with van der Waals surface area (Å²) < 4.78 is 6.21. The van der Waals surface area contributed by atoms with Crippen molar-refractivity contribution < 1.29 is 4.42 Å². The van der Waals surface area contributed by atoms with Crippen LogP contribution in [-0.4, -0.2) is 5.71 Å². The molecule has 0 radical (unpaired) electrons. The van der Waals surface area contributed by atoms with Crippen molar-refractivity contribution in [2.75, 3.05) is 0 Å². The fraction of sp³-hybridized carbons (Fsp3) is 0.109. The molecule has 0 aliphatic carbocycles. The van der Waals surface area contributed by atoms with Crippen LogP contribution >= 0.6 is 0 Å². The summed E-state index contributed by atoms with van der Waals surface area (Å²) in [4.78, 5) is 5.54. The SMILES string of the molecule is C/C(=C/CC(C)C(=NC(C)c1cccc(-c2cc3c4ccccc4c4ccccc4c3c3ccccc23)c1)c1ccccc1)c1cccc2oc3ccccc3c12. The van der Waals surface area contributed by atoms with E-state index < -0.39 is 0 Å². The van der Waals surface area contributed by atoms with Gasteiger partial charge in [0.2, 0.25) is 0 Å². The van der Waals surface area contributed by atoms with Crippen molar-refractivity contribution in [2.45, 2.75) is 33.2 Å². The summed E-state index contributed by atoms with van der Waals surface area (Å²) in [6.45, 7) is 6.76. The van der Waals surface area contributed by atoms with Crippen molar-refractivity contribution in [3.8, 4) is 11.1 Å². The first kappa shape index (κ1) is 34.7. The van der Waals surface area contributed by atoms with Crippen molar-refractivity contribution in [2.24, 2.45) is 10.9 Å². The van der Waals surface area contributed by atoms with Gasteiger partial charge in [0, 0.05) is 22.4 Å². The molecule has 0 N–H and O–H groups in total. The standard InChI is InChI=1S/C55H43NO/c1-35(41-28-16-30-52-54(41)48-27-13-14-29-51(48)57-52)31-32-36(2)55(38-17-5-4-6-18-38)56-37(3)39-19-15-20-40(33-39)49-34-50-44-23-8-7-21-42(44)43-22-9-11-25-46(43)53(50)47-26-12-10-24-45(47)49/h4-31,33-34,36-37H,32H2,1-3H3/b35-31-,56-55?. The zero-order valence-electron chi connectivity index (χ0n) is 32.5. The molecule has 2 nitrogen and oxygen atoms in total. The van der Waals surface area contributed by atoms with Gasteiger partial charge < -0.3 is 4.42 Å². The van der Waals surface area contributed by atoms with Gasteiger partial charge in [0.05, 0.1) is 6.04 Å². The van der Waals surface area contributed by atoms with E-state index in [4.69, 9.17) is 9.41 Å². The molecule has 10 aromatic rings. The van der Waals surface area contributed by atoms with Crippen LogP contribution in [0.3, 0.4) is 0 Å². The van der Waals surface area contributed by atoms with E-state index in [1.807, 2.05) is 12.1 Å². The van der Waals surface area contributed by atoms with Crippen LogP contribution < -0.4 is 0 Å². The lowest BCUT2D eigenvalue weighted by Crippen LogP contribution is -2.14. The number of hydrogen-bond donors (Lipinski definition) is 0. The maximum absolute atomic E-state index is 6.21. The fourth-order valence-corrected chi connectivity index (χ4v) is 9.03. The zero-order chi connectivity index (χ0) is 38.5. The summed E-state index contributed by atoms with van der Waals surface area (Å²) in [5, 5.41) is 12.7. The summed E-state index contributed by atoms with van der Waals surface area (Å²) in [6, 6.07) is 63.5. The first-order chi connectivity index (χ1) is 28.0. The number of nitrogens with zero attached hydrogens (tertiary/aromatic N) is 1. The molecule has 0 saturated heterocycles. The first-order valence-electron chi connectivity index (χ1n) is 20.1. The van der Waals surface area contributed by atoms with E-state index in [1.165, 1.54) is 81.9 Å². The Morgan fingerprint density at radius 1 is 0.526 bits per heavy atom. The third-order valence-corrected chi connectivity index (χ3v) is 11.9. The van der Waals surface area contributed by atoms with Gasteiger partial charge in [-0.25, -0.2) is 0 Å². The second kappa shape index (κ2) is 14.4. The molecule has 0 amide bonds. The molecule has 57 heavy (non-hydrogen) atoms. The molecule has 9 aromatic carbocycles. The number of furan rings is 1. The topological polar surface area (TPSA) is 25.5 Å². The monoisotopic (exact) mass is 733 g/mol. The molecule has 2 unspecified atom stereocenters. The van der Waals surface area contributed by atoms with Gasteiger partial charge >= 0.3 is 0 Å². The number of allylic oxidation sites excluding steroid dienone is 2. The first-order valence-corrected chi connectivity index (χ1v) is 20.1. The van der Waals surface area contributed by atoms with Crippen LogP contribution in [0.5, 0.6) is 0 Å². The number of benzene rings is 9. The lowest BCUT2D eigenvalue weighted by Gasteiger charge is -2.19. The summed E-state index contributed by atoms with van der Waals surface area (Å²) >= 11 is 0.